The van der Waals surface area contributed by atoms with Crippen molar-refractivity contribution >= 4 is 16.0 Å². The second kappa shape index (κ2) is 7.46. The molecule has 0 aliphatic rings. The lowest BCUT2D eigenvalue weighted by molar-refractivity contribution is 0.301. The second-order valence-corrected chi connectivity index (χ2v) is 6.33. The van der Waals surface area contributed by atoms with Gasteiger partial charge in [0.15, 0.2) is 0 Å². The topological polar surface area (TPSA) is 108 Å². The number of nitrogens with one attached hydrogen (secondary N) is 1. The van der Waals surface area contributed by atoms with Crippen LogP contribution in [0.2, 0.25) is 0 Å². The van der Waals surface area contributed by atoms with Gasteiger partial charge in [-0.05, 0) is 20.8 Å². The minimum Gasteiger partial charge on any atom is -0.395 e. The molecule has 114 valence electrons. The Labute approximate surface area is 119 Å². The third-order valence-corrected chi connectivity index (χ3v) is 3.99. The summed E-state index contributed by atoms with van der Waals surface area (Å²) >= 11 is 0. The Kier molecular flexibility index (Phi) is 6.24. The number of sulfonamides is 1. The molecule has 0 saturated carbocycles. The van der Waals surface area contributed by atoms with Gasteiger partial charge in [0.05, 0.1) is 12.4 Å². The fraction of sp³-hybridized carbons (Fsp3) is 0.727. The molecular formula is C11H21N5O3S. The Balaban J connectivity index is 2.73. The normalized spacial score (nSPS) is 11.6. The Morgan fingerprint density at radius 1 is 1.15 bits per heavy atom. The molecule has 0 aliphatic heterocycles. The molecule has 0 bridgehead atoms. The maximum atomic E-state index is 11.4. The van der Waals surface area contributed by atoms with Gasteiger partial charge in [-0.2, -0.15) is 9.97 Å². The van der Waals surface area contributed by atoms with E-state index in [9.17, 15) is 8.42 Å². The zero-order chi connectivity index (χ0) is 15.2. The number of hydrogen-bond donors (Lipinski definition) is 2. The van der Waals surface area contributed by atoms with Gasteiger partial charge in [-0.1, -0.05) is 0 Å². The summed E-state index contributed by atoms with van der Waals surface area (Å²) in [5.41, 5.74) is 0. The summed E-state index contributed by atoms with van der Waals surface area (Å²) in [7, 11) is -3.22. The summed E-state index contributed by atoms with van der Waals surface area (Å²) in [6, 6.07) is 0. The number of aryl methyl sites for hydroxylation is 2. The highest BCUT2D eigenvalue weighted by atomic mass is 32.2. The lowest BCUT2D eigenvalue weighted by Gasteiger charge is -2.22. The van der Waals surface area contributed by atoms with Gasteiger partial charge >= 0.3 is 0 Å². The number of rotatable bonds is 8. The van der Waals surface area contributed by atoms with Gasteiger partial charge in [0.25, 0.3) is 0 Å². The molecule has 0 saturated heterocycles. The van der Waals surface area contributed by atoms with Crippen LogP contribution in [0, 0.1) is 13.8 Å². The van der Waals surface area contributed by atoms with Crippen LogP contribution in [-0.2, 0) is 10.0 Å². The molecule has 0 aromatic carbocycles. The summed E-state index contributed by atoms with van der Waals surface area (Å²) in [4.78, 5) is 14.2. The molecule has 0 atom stereocenters. The number of aliphatic hydroxyl groups excluding tert-OH is 1. The van der Waals surface area contributed by atoms with Crippen LogP contribution in [0.25, 0.3) is 0 Å². The standard InChI is InChI=1S/C11H21N5O3S/c1-4-20(18,19)12-5-6-16(7-8-17)11-14-9(2)13-10(3)15-11/h12,17H,4-8H2,1-3H3. The van der Waals surface area contributed by atoms with Crippen LogP contribution in [-0.4, -0.2) is 60.5 Å². The number of anilines is 1. The average Bonchev–Trinajstić information content (AvgIpc) is 2.36. The Bertz CT molecular complexity index is 515. The number of hydrogen-bond acceptors (Lipinski definition) is 7. The van der Waals surface area contributed by atoms with E-state index in [2.05, 4.69) is 19.7 Å². The van der Waals surface area contributed by atoms with Gasteiger partial charge in [-0.3, -0.25) is 0 Å². The van der Waals surface area contributed by atoms with Gasteiger partial charge in [0, 0.05) is 19.6 Å². The molecule has 1 rings (SSSR count). The van der Waals surface area contributed by atoms with Crippen molar-refractivity contribution < 1.29 is 13.5 Å². The lowest BCUT2D eigenvalue weighted by atomic mass is 10.5. The van der Waals surface area contributed by atoms with Gasteiger partial charge in [-0.15, -0.1) is 0 Å². The van der Waals surface area contributed by atoms with Crippen LogP contribution in [0.5, 0.6) is 0 Å². The van der Waals surface area contributed by atoms with Gasteiger partial charge in [0.1, 0.15) is 11.6 Å². The highest BCUT2D eigenvalue weighted by Crippen LogP contribution is 2.06. The molecule has 20 heavy (non-hydrogen) atoms. The molecule has 0 radical (unpaired) electrons. The van der Waals surface area contributed by atoms with E-state index in [0.717, 1.165) is 0 Å². The molecule has 9 heteroatoms. The van der Waals surface area contributed by atoms with E-state index in [-0.39, 0.29) is 18.9 Å². The first-order chi connectivity index (χ1) is 9.38. The van der Waals surface area contributed by atoms with Crippen molar-refractivity contribution in [3.8, 4) is 0 Å². The fourth-order valence-corrected chi connectivity index (χ4v) is 2.22. The Morgan fingerprint density at radius 2 is 1.75 bits per heavy atom. The van der Waals surface area contributed by atoms with Crippen molar-refractivity contribution in [3.63, 3.8) is 0 Å². The van der Waals surface area contributed by atoms with Crippen LogP contribution in [0.1, 0.15) is 18.6 Å². The van der Waals surface area contributed by atoms with Crippen LogP contribution >= 0.6 is 0 Å². The molecule has 0 amide bonds. The minimum atomic E-state index is -3.22. The van der Waals surface area contributed by atoms with E-state index in [1.54, 1.807) is 25.7 Å². The highest BCUT2D eigenvalue weighted by Gasteiger charge is 2.12. The van der Waals surface area contributed by atoms with E-state index < -0.39 is 10.0 Å². The summed E-state index contributed by atoms with van der Waals surface area (Å²) in [6.07, 6.45) is 0. The maximum Gasteiger partial charge on any atom is 0.228 e. The van der Waals surface area contributed by atoms with Crippen molar-refractivity contribution in [2.75, 3.05) is 36.9 Å². The predicted octanol–water partition coefficient (Wildman–Crippen LogP) is -0.774. The van der Waals surface area contributed by atoms with Crippen LogP contribution in [0.3, 0.4) is 0 Å². The average molecular weight is 303 g/mol. The number of nitrogens with zero attached hydrogens (tertiary/aromatic N) is 4. The molecule has 0 fully saturated rings. The minimum absolute atomic E-state index is 0.0387. The SMILES string of the molecule is CCS(=O)(=O)NCCN(CCO)c1nc(C)nc(C)n1. The molecule has 0 aliphatic carbocycles. The Morgan fingerprint density at radius 3 is 2.25 bits per heavy atom. The van der Waals surface area contributed by atoms with Crippen molar-refractivity contribution in [1.29, 1.82) is 0 Å². The molecule has 0 unspecified atom stereocenters. The molecule has 1 heterocycles. The van der Waals surface area contributed by atoms with Crippen molar-refractivity contribution in [2.24, 2.45) is 0 Å². The quantitative estimate of drug-likeness (QED) is 0.649. The van der Waals surface area contributed by atoms with E-state index >= 15 is 0 Å². The second-order valence-electron chi connectivity index (χ2n) is 4.24. The first-order valence-corrected chi connectivity index (χ1v) is 8.05. The number of aromatic nitrogens is 3. The summed E-state index contributed by atoms with van der Waals surface area (Å²) in [5, 5.41) is 9.09. The van der Waals surface area contributed by atoms with Gasteiger partial charge in [0.2, 0.25) is 16.0 Å². The lowest BCUT2D eigenvalue weighted by Crippen LogP contribution is -2.38. The molecular weight excluding hydrogens is 282 g/mol. The first kappa shape index (κ1) is 16.7. The van der Waals surface area contributed by atoms with Gasteiger partial charge < -0.3 is 10.0 Å². The zero-order valence-corrected chi connectivity index (χ0v) is 12.8. The summed E-state index contributed by atoms with van der Waals surface area (Å²) in [5.74, 6) is 1.66. The first-order valence-electron chi connectivity index (χ1n) is 6.40. The summed E-state index contributed by atoms with van der Waals surface area (Å²) in [6.45, 7) is 5.97. The van der Waals surface area contributed by atoms with E-state index in [4.69, 9.17) is 5.11 Å². The van der Waals surface area contributed by atoms with Crippen LogP contribution in [0.4, 0.5) is 5.95 Å². The van der Waals surface area contributed by atoms with E-state index in [1.807, 2.05) is 0 Å². The Hall–Kier alpha value is -1.32. The van der Waals surface area contributed by atoms with Crippen molar-refractivity contribution in [2.45, 2.75) is 20.8 Å². The third-order valence-electron chi connectivity index (χ3n) is 2.58. The van der Waals surface area contributed by atoms with Crippen molar-refractivity contribution in [3.05, 3.63) is 11.6 Å². The maximum absolute atomic E-state index is 11.4. The van der Waals surface area contributed by atoms with Gasteiger partial charge in [-0.25, -0.2) is 18.1 Å². The molecule has 8 nitrogen and oxygen atoms in total. The molecule has 1 aromatic rings. The molecule has 2 N–H and O–H groups in total. The molecule has 1 aromatic heterocycles. The largest absolute Gasteiger partial charge is 0.395 e. The van der Waals surface area contributed by atoms with Crippen molar-refractivity contribution in [1.82, 2.24) is 19.7 Å². The summed E-state index contributed by atoms with van der Waals surface area (Å²) < 4.78 is 25.2. The fourth-order valence-electron chi connectivity index (χ4n) is 1.61. The molecule has 0 spiro atoms. The highest BCUT2D eigenvalue weighted by molar-refractivity contribution is 7.89. The van der Waals surface area contributed by atoms with E-state index in [1.165, 1.54) is 0 Å². The van der Waals surface area contributed by atoms with Crippen LogP contribution in [0.15, 0.2) is 0 Å². The smallest absolute Gasteiger partial charge is 0.228 e. The van der Waals surface area contributed by atoms with Crippen LogP contribution < -0.4 is 9.62 Å². The monoisotopic (exact) mass is 303 g/mol. The third kappa shape index (κ3) is 5.35. The van der Waals surface area contributed by atoms with E-state index in [0.29, 0.717) is 30.7 Å². The zero-order valence-electron chi connectivity index (χ0n) is 12.0. The number of aliphatic hydroxyl groups is 1. The predicted molar refractivity (Wildman–Crippen MR) is 76.1 cm³/mol.